The first-order valence-corrected chi connectivity index (χ1v) is 3.47. The van der Waals surface area contributed by atoms with Gasteiger partial charge >= 0.3 is 0 Å². The van der Waals surface area contributed by atoms with Gasteiger partial charge in [0, 0.05) is 0 Å². The molecule has 4 heteroatoms. The van der Waals surface area contributed by atoms with Crippen LogP contribution in [0.4, 0.5) is 5.82 Å². The highest BCUT2D eigenvalue weighted by molar-refractivity contribution is 5.81. The van der Waals surface area contributed by atoms with Gasteiger partial charge in [0.15, 0.2) is 0 Å². The molecular formula is C8H7N3O. The summed E-state index contributed by atoms with van der Waals surface area (Å²) < 4.78 is 0. The van der Waals surface area contributed by atoms with Crippen LogP contribution >= 0.6 is 0 Å². The Morgan fingerprint density at radius 1 is 1.33 bits per heavy atom. The van der Waals surface area contributed by atoms with E-state index in [0.29, 0.717) is 16.9 Å². The molecule has 0 saturated heterocycles. The number of nitrogens with two attached hydrogens (primary N) is 1. The molecule has 0 radical (unpaired) electrons. The van der Waals surface area contributed by atoms with E-state index in [2.05, 4.69) is 9.97 Å². The molecule has 0 aliphatic heterocycles. The topological polar surface area (TPSA) is 72.0 Å². The molecule has 0 atom stereocenters. The SMILES string of the molecule is Nc1cnc2c(O)cccc2n1. The lowest BCUT2D eigenvalue weighted by Gasteiger charge is -1.98. The first kappa shape index (κ1) is 6.84. The van der Waals surface area contributed by atoms with E-state index in [9.17, 15) is 5.11 Å². The Bertz CT molecular complexity index is 428. The van der Waals surface area contributed by atoms with E-state index in [1.165, 1.54) is 6.20 Å². The molecule has 0 amide bonds. The van der Waals surface area contributed by atoms with Crippen molar-refractivity contribution in [1.29, 1.82) is 0 Å². The van der Waals surface area contributed by atoms with Gasteiger partial charge in [-0.1, -0.05) is 6.07 Å². The predicted octanol–water partition coefficient (Wildman–Crippen LogP) is 0.918. The third-order valence-corrected chi connectivity index (χ3v) is 1.57. The van der Waals surface area contributed by atoms with Crippen LogP contribution in [-0.2, 0) is 0 Å². The van der Waals surface area contributed by atoms with E-state index in [1.54, 1.807) is 18.2 Å². The molecule has 2 rings (SSSR count). The van der Waals surface area contributed by atoms with E-state index < -0.39 is 0 Å². The number of hydrogen-bond acceptors (Lipinski definition) is 4. The van der Waals surface area contributed by atoms with Crippen LogP contribution in [0.15, 0.2) is 24.4 Å². The van der Waals surface area contributed by atoms with E-state index in [1.807, 2.05) is 0 Å². The summed E-state index contributed by atoms with van der Waals surface area (Å²) in [5.74, 6) is 0.480. The predicted molar refractivity (Wildman–Crippen MR) is 45.6 cm³/mol. The number of anilines is 1. The molecule has 1 aromatic carbocycles. The average molecular weight is 161 g/mol. The molecule has 2 aromatic rings. The van der Waals surface area contributed by atoms with Crippen molar-refractivity contribution in [2.24, 2.45) is 0 Å². The van der Waals surface area contributed by atoms with E-state index in [0.717, 1.165) is 0 Å². The van der Waals surface area contributed by atoms with Crippen LogP contribution in [0.3, 0.4) is 0 Å². The normalized spacial score (nSPS) is 10.3. The number of fused-ring (bicyclic) bond motifs is 1. The Labute approximate surface area is 68.7 Å². The summed E-state index contributed by atoms with van der Waals surface area (Å²) in [6.45, 7) is 0. The quantitative estimate of drug-likeness (QED) is 0.602. The van der Waals surface area contributed by atoms with Crippen LogP contribution in [-0.4, -0.2) is 15.1 Å². The molecule has 0 saturated carbocycles. The summed E-state index contributed by atoms with van der Waals surface area (Å²) in [5, 5.41) is 9.32. The third-order valence-electron chi connectivity index (χ3n) is 1.57. The van der Waals surface area contributed by atoms with Crippen molar-refractivity contribution in [1.82, 2.24) is 9.97 Å². The van der Waals surface area contributed by atoms with Gasteiger partial charge in [-0.15, -0.1) is 0 Å². The van der Waals surface area contributed by atoms with Crippen molar-refractivity contribution in [2.75, 3.05) is 5.73 Å². The summed E-state index contributed by atoms with van der Waals surface area (Å²) in [7, 11) is 0. The lowest BCUT2D eigenvalue weighted by Crippen LogP contribution is -1.91. The summed E-state index contributed by atoms with van der Waals surface area (Å²) >= 11 is 0. The number of nitrogens with zero attached hydrogens (tertiary/aromatic N) is 2. The van der Waals surface area contributed by atoms with E-state index in [-0.39, 0.29) is 5.75 Å². The molecule has 0 spiro atoms. The number of aromatic hydroxyl groups is 1. The first-order chi connectivity index (χ1) is 5.77. The molecule has 1 heterocycles. The minimum atomic E-state index is 0.125. The fraction of sp³-hybridized carbons (Fsp3) is 0. The number of para-hydroxylation sites is 1. The zero-order chi connectivity index (χ0) is 8.55. The summed E-state index contributed by atoms with van der Waals surface area (Å²) in [4.78, 5) is 7.93. The Hall–Kier alpha value is -1.84. The second-order valence-corrected chi connectivity index (χ2v) is 2.44. The maximum atomic E-state index is 9.32. The van der Waals surface area contributed by atoms with E-state index >= 15 is 0 Å². The minimum Gasteiger partial charge on any atom is -0.506 e. The highest BCUT2D eigenvalue weighted by atomic mass is 16.3. The molecule has 12 heavy (non-hydrogen) atoms. The Morgan fingerprint density at radius 3 is 3.00 bits per heavy atom. The molecule has 4 nitrogen and oxygen atoms in total. The fourth-order valence-corrected chi connectivity index (χ4v) is 1.04. The van der Waals surface area contributed by atoms with Crippen molar-refractivity contribution >= 4 is 16.9 Å². The molecular weight excluding hydrogens is 154 g/mol. The maximum absolute atomic E-state index is 9.32. The maximum Gasteiger partial charge on any atom is 0.143 e. The fourth-order valence-electron chi connectivity index (χ4n) is 1.04. The molecule has 60 valence electrons. The number of benzene rings is 1. The van der Waals surface area contributed by atoms with Gasteiger partial charge in [-0.25, -0.2) is 9.97 Å². The smallest absolute Gasteiger partial charge is 0.143 e. The monoisotopic (exact) mass is 161 g/mol. The molecule has 0 aliphatic carbocycles. The van der Waals surface area contributed by atoms with Crippen LogP contribution in [0.25, 0.3) is 11.0 Å². The Kier molecular flexibility index (Phi) is 1.33. The van der Waals surface area contributed by atoms with Gasteiger partial charge in [-0.05, 0) is 12.1 Å². The lowest BCUT2D eigenvalue weighted by molar-refractivity contribution is 0.480. The van der Waals surface area contributed by atoms with Gasteiger partial charge < -0.3 is 10.8 Å². The number of hydrogen-bond donors (Lipinski definition) is 2. The number of phenolic OH excluding ortho intramolecular Hbond substituents is 1. The zero-order valence-corrected chi connectivity index (χ0v) is 6.23. The largest absolute Gasteiger partial charge is 0.506 e. The van der Waals surface area contributed by atoms with Crippen molar-refractivity contribution < 1.29 is 5.11 Å². The summed E-state index contributed by atoms with van der Waals surface area (Å²) in [6.07, 6.45) is 1.42. The molecule has 0 unspecified atom stereocenters. The van der Waals surface area contributed by atoms with Crippen LogP contribution in [0.1, 0.15) is 0 Å². The minimum absolute atomic E-state index is 0.125. The zero-order valence-electron chi connectivity index (χ0n) is 6.23. The van der Waals surface area contributed by atoms with Crippen LogP contribution in [0.5, 0.6) is 5.75 Å². The van der Waals surface area contributed by atoms with Gasteiger partial charge in [-0.3, -0.25) is 0 Å². The Balaban J connectivity index is 2.86. The Morgan fingerprint density at radius 2 is 2.17 bits per heavy atom. The second kappa shape index (κ2) is 2.34. The van der Waals surface area contributed by atoms with Gasteiger partial charge in [0.2, 0.25) is 0 Å². The standard InChI is InChI=1S/C8H7N3O/c9-7-4-10-8-5(11-7)2-1-3-6(8)12/h1-4,12H,(H2,9,11). The second-order valence-electron chi connectivity index (χ2n) is 2.44. The summed E-state index contributed by atoms with van der Waals surface area (Å²) in [6, 6.07) is 5.01. The highest BCUT2D eigenvalue weighted by Gasteiger charge is 2.00. The first-order valence-electron chi connectivity index (χ1n) is 3.47. The van der Waals surface area contributed by atoms with Crippen LogP contribution in [0, 0.1) is 0 Å². The molecule has 0 bridgehead atoms. The molecule has 0 aliphatic rings. The molecule has 1 aromatic heterocycles. The van der Waals surface area contributed by atoms with Gasteiger partial charge in [0.25, 0.3) is 0 Å². The summed E-state index contributed by atoms with van der Waals surface area (Å²) in [5.41, 5.74) is 6.50. The lowest BCUT2D eigenvalue weighted by atomic mass is 10.3. The third kappa shape index (κ3) is 0.934. The molecule has 3 N–H and O–H groups in total. The average Bonchev–Trinajstić information content (AvgIpc) is 2.04. The van der Waals surface area contributed by atoms with E-state index in [4.69, 9.17) is 5.73 Å². The van der Waals surface area contributed by atoms with Crippen LogP contribution in [0.2, 0.25) is 0 Å². The van der Waals surface area contributed by atoms with Crippen molar-refractivity contribution in [3.8, 4) is 5.75 Å². The molecule has 0 fully saturated rings. The number of nitrogen functional groups attached to an aromatic ring is 1. The number of rotatable bonds is 0. The van der Waals surface area contributed by atoms with Gasteiger partial charge in [0.05, 0.1) is 11.7 Å². The number of aromatic nitrogens is 2. The van der Waals surface area contributed by atoms with Crippen molar-refractivity contribution in [3.05, 3.63) is 24.4 Å². The number of phenols is 1. The van der Waals surface area contributed by atoms with Crippen LogP contribution < -0.4 is 5.73 Å². The van der Waals surface area contributed by atoms with Gasteiger partial charge in [0.1, 0.15) is 17.1 Å². The van der Waals surface area contributed by atoms with Crippen molar-refractivity contribution in [2.45, 2.75) is 0 Å². The highest BCUT2D eigenvalue weighted by Crippen LogP contribution is 2.20. The van der Waals surface area contributed by atoms with Crippen molar-refractivity contribution in [3.63, 3.8) is 0 Å². The van der Waals surface area contributed by atoms with Gasteiger partial charge in [-0.2, -0.15) is 0 Å².